The number of nitrogens with zero attached hydrogens (tertiary/aromatic N) is 2. The van der Waals surface area contributed by atoms with Crippen LogP contribution in [0.3, 0.4) is 0 Å². The number of aromatic carboxylic acids is 1. The molecule has 2 aromatic carbocycles. The normalized spacial score (nSPS) is 18.5. The third-order valence-corrected chi connectivity index (χ3v) is 7.56. The van der Waals surface area contributed by atoms with Gasteiger partial charge in [-0.05, 0) is 82.2 Å². The molecule has 0 saturated heterocycles. The van der Waals surface area contributed by atoms with Gasteiger partial charge in [0.05, 0.1) is 17.3 Å². The lowest BCUT2D eigenvalue weighted by Gasteiger charge is -2.28. The SMILES string of the molecule is CN(C)CCCN[C@H]1COc2ccccc2-c2c(C3CCCCC3)c3ccc(C(=O)O)cc3n2C1. The van der Waals surface area contributed by atoms with Crippen molar-refractivity contribution in [3.8, 4) is 17.0 Å². The van der Waals surface area contributed by atoms with Gasteiger partial charge in [0.25, 0.3) is 0 Å². The standard InChI is InChI=1S/C29H37N3O3/c1-31(2)16-8-15-30-22-18-32-25-17-21(29(33)34)13-14-23(25)27(20-9-4-3-5-10-20)28(32)24-11-6-7-12-26(24)35-19-22/h6-7,11-14,17,20,22,30H,3-5,8-10,15-16,18-19H2,1-2H3,(H,33,34)/t22-/m1/s1. The van der Waals surface area contributed by atoms with Crippen LogP contribution in [0, 0.1) is 0 Å². The zero-order chi connectivity index (χ0) is 24.4. The van der Waals surface area contributed by atoms with Crippen LogP contribution in [0.25, 0.3) is 22.2 Å². The maximum atomic E-state index is 11.9. The molecule has 0 amide bonds. The lowest BCUT2D eigenvalue weighted by molar-refractivity contribution is 0.0697. The van der Waals surface area contributed by atoms with E-state index in [9.17, 15) is 9.90 Å². The Bertz CT molecular complexity index is 1190. The number of aromatic nitrogens is 1. The van der Waals surface area contributed by atoms with E-state index in [1.54, 1.807) is 6.07 Å². The van der Waals surface area contributed by atoms with Crippen molar-refractivity contribution < 1.29 is 14.6 Å². The van der Waals surface area contributed by atoms with Crippen LogP contribution in [0.15, 0.2) is 42.5 Å². The van der Waals surface area contributed by atoms with Gasteiger partial charge in [-0.3, -0.25) is 0 Å². The minimum Gasteiger partial charge on any atom is -0.491 e. The van der Waals surface area contributed by atoms with E-state index >= 15 is 0 Å². The van der Waals surface area contributed by atoms with E-state index in [0.717, 1.165) is 42.9 Å². The molecule has 35 heavy (non-hydrogen) atoms. The molecule has 1 aromatic heterocycles. The van der Waals surface area contributed by atoms with Crippen molar-refractivity contribution in [2.45, 2.75) is 57.0 Å². The Morgan fingerprint density at radius 1 is 1.14 bits per heavy atom. The van der Waals surface area contributed by atoms with Crippen molar-refractivity contribution in [2.24, 2.45) is 0 Å². The number of hydrogen-bond donors (Lipinski definition) is 2. The lowest BCUT2D eigenvalue weighted by atomic mass is 9.81. The molecule has 0 unspecified atom stereocenters. The van der Waals surface area contributed by atoms with Crippen LogP contribution in [0.4, 0.5) is 0 Å². The molecule has 1 aliphatic heterocycles. The number of para-hydroxylation sites is 1. The summed E-state index contributed by atoms with van der Waals surface area (Å²) in [4.78, 5) is 14.1. The number of hydrogen-bond acceptors (Lipinski definition) is 4. The summed E-state index contributed by atoms with van der Waals surface area (Å²) in [5.41, 5.74) is 5.07. The van der Waals surface area contributed by atoms with Gasteiger partial charge in [0.1, 0.15) is 12.4 Å². The Labute approximate surface area is 207 Å². The molecule has 6 heteroatoms. The van der Waals surface area contributed by atoms with Crippen LogP contribution >= 0.6 is 0 Å². The summed E-state index contributed by atoms with van der Waals surface area (Å²) in [5, 5.41) is 14.7. The Morgan fingerprint density at radius 2 is 1.94 bits per heavy atom. The Balaban J connectivity index is 1.65. The van der Waals surface area contributed by atoms with E-state index in [0.29, 0.717) is 18.1 Å². The molecule has 186 valence electrons. The molecule has 0 bridgehead atoms. The maximum Gasteiger partial charge on any atom is 0.335 e. The molecular weight excluding hydrogens is 438 g/mol. The van der Waals surface area contributed by atoms with Crippen LogP contribution in [0.2, 0.25) is 0 Å². The molecule has 1 aliphatic carbocycles. The van der Waals surface area contributed by atoms with Gasteiger partial charge in [-0.15, -0.1) is 0 Å². The Hall–Kier alpha value is -2.83. The summed E-state index contributed by atoms with van der Waals surface area (Å²) in [5.74, 6) is 0.513. The molecule has 1 saturated carbocycles. The first kappa shape index (κ1) is 23.9. The molecule has 2 heterocycles. The van der Waals surface area contributed by atoms with Crippen LogP contribution in [0.5, 0.6) is 5.75 Å². The quantitative estimate of drug-likeness (QED) is 0.451. The van der Waals surface area contributed by atoms with Gasteiger partial charge in [-0.25, -0.2) is 4.79 Å². The predicted octanol–water partition coefficient (Wildman–Crippen LogP) is 5.36. The molecule has 0 radical (unpaired) electrons. The minimum atomic E-state index is -0.880. The lowest BCUT2D eigenvalue weighted by Crippen LogP contribution is -2.40. The van der Waals surface area contributed by atoms with Gasteiger partial charge in [0.15, 0.2) is 0 Å². The van der Waals surface area contributed by atoms with E-state index in [4.69, 9.17) is 4.74 Å². The molecule has 1 fully saturated rings. The number of ether oxygens (including phenoxy) is 1. The first-order valence-electron chi connectivity index (χ1n) is 13.0. The number of benzene rings is 2. The average Bonchev–Trinajstić information content (AvgIpc) is 3.16. The van der Waals surface area contributed by atoms with E-state index < -0.39 is 5.97 Å². The van der Waals surface area contributed by atoms with Gasteiger partial charge in [0.2, 0.25) is 0 Å². The largest absolute Gasteiger partial charge is 0.491 e. The molecule has 6 nitrogen and oxygen atoms in total. The molecule has 5 rings (SSSR count). The van der Waals surface area contributed by atoms with Crippen molar-refractivity contribution in [3.63, 3.8) is 0 Å². The first-order valence-corrected chi connectivity index (χ1v) is 13.0. The second-order valence-corrected chi connectivity index (χ2v) is 10.4. The van der Waals surface area contributed by atoms with Crippen LogP contribution in [-0.2, 0) is 6.54 Å². The van der Waals surface area contributed by atoms with Crippen LogP contribution < -0.4 is 10.1 Å². The van der Waals surface area contributed by atoms with Crippen molar-refractivity contribution in [3.05, 3.63) is 53.6 Å². The summed E-state index contributed by atoms with van der Waals surface area (Å²) < 4.78 is 8.78. The number of fused-ring (bicyclic) bond motifs is 5. The summed E-state index contributed by atoms with van der Waals surface area (Å²) in [6, 6.07) is 14.2. The Morgan fingerprint density at radius 3 is 2.71 bits per heavy atom. The molecule has 2 N–H and O–H groups in total. The summed E-state index contributed by atoms with van der Waals surface area (Å²) in [7, 11) is 4.20. The number of nitrogens with one attached hydrogen (secondary N) is 1. The predicted molar refractivity (Wildman–Crippen MR) is 141 cm³/mol. The highest BCUT2D eigenvalue weighted by Gasteiger charge is 2.30. The first-order chi connectivity index (χ1) is 17.0. The summed E-state index contributed by atoms with van der Waals surface area (Å²) in [6.45, 7) is 3.28. The average molecular weight is 476 g/mol. The van der Waals surface area contributed by atoms with Gasteiger partial charge in [-0.2, -0.15) is 0 Å². The maximum absolute atomic E-state index is 11.9. The molecule has 1 atom stereocenters. The molecule has 0 spiro atoms. The topological polar surface area (TPSA) is 66.7 Å². The van der Waals surface area contributed by atoms with Gasteiger partial charge >= 0.3 is 5.97 Å². The second-order valence-electron chi connectivity index (χ2n) is 10.4. The third-order valence-electron chi connectivity index (χ3n) is 7.56. The van der Waals surface area contributed by atoms with Crippen molar-refractivity contribution in [2.75, 3.05) is 33.8 Å². The number of carbonyl (C=O) groups is 1. The number of carboxylic acid groups (broad SMARTS) is 1. The fourth-order valence-electron chi connectivity index (χ4n) is 5.87. The summed E-state index contributed by atoms with van der Waals surface area (Å²) >= 11 is 0. The zero-order valence-corrected chi connectivity index (χ0v) is 20.9. The smallest absolute Gasteiger partial charge is 0.335 e. The summed E-state index contributed by atoms with van der Waals surface area (Å²) in [6.07, 6.45) is 7.22. The van der Waals surface area contributed by atoms with Crippen molar-refractivity contribution in [1.82, 2.24) is 14.8 Å². The number of carboxylic acids is 1. The zero-order valence-electron chi connectivity index (χ0n) is 20.9. The highest BCUT2D eigenvalue weighted by atomic mass is 16.5. The van der Waals surface area contributed by atoms with E-state index in [2.05, 4.69) is 47.1 Å². The van der Waals surface area contributed by atoms with E-state index in [1.165, 1.54) is 48.7 Å². The highest BCUT2D eigenvalue weighted by Crippen LogP contribution is 2.46. The molecule has 3 aromatic rings. The minimum absolute atomic E-state index is 0.132. The molecular formula is C29H37N3O3. The third kappa shape index (κ3) is 4.95. The van der Waals surface area contributed by atoms with E-state index in [-0.39, 0.29) is 6.04 Å². The second kappa shape index (κ2) is 10.4. The monoisotopic (exact) mass is 475 g/mol. The highest BCUT2D eigenvalue weighted by molar-refractivity contribution is 5.98. The van der Waals surface area contributed by atoms with Crippen molar-refractivity contribution in [1.29, 1.82) is 0 Å². The number of rotatable bonds is 7. The van der Waals surface area contributed by atoms with Gasteiger partial charge < -0.3 is 24.6 Å². The van der Waals surface area contributed by atoms with Gasteiger partial charge in [0, 0.05) is 23.0 Å². The molecule has 2 aliphatic rings. The van der Waals surface area contributed by atoms with Crippen molar-refractivity contribution >= 4 is 16.9 Å². The fourth-order valence-corrected chi connectivity index (χ4v) is 5.87. The van der Waals surface area contributed by atoms with Gasteiger partial charge in [-0.1, -0.05) is 37.5 Å². The van der Waals surface area contributed by atoms with E-state index in [1.807, 2.05) is 18.2 Å². The Kier molecular flexibility index (Phi) is 7.12. The van der Waals surface area contributed by atoms with Crippen LogP contribution in [-0.4, -0.2) is 60.4 Å². The fraction of sp³-hybridized carbons (Fsp3) is 0.483. The van der Waals surface area contributed by atoms with Crippen LogP contribution in [0.1, 0.15) is 60.4 Å².